The molecule has 0 aromatic heterocycles. The summed E-state index contributed by atoms with van der Waals surface area (Å²) in [5.41, 5.74) is 0. The lowest BCUT2D eigenvalue weighted by Crippen LogP contribution is -2.56. The Morgan fingerprint density at radius 1 is 1.00 bits per heavy atom. The van der Waals surface area contributed by atoms with E-state index in [2.05, 4.69) is 0 Å². The summed E-state index contributed by atoms with van der Waals surface area (Å²) < 4.78 is 0.735. The van der Waals surface area contributed by atoms with E-state index in [1.54, 1.807) is 0 Å². The average molecular weight is 216 g/mol. The fraction of sp³-hybridized carbons (Fsp3) is 1.00. The van der Waals surface area contributed by atoms with Crippen molar-refractivity contribution in [3.8, 4) is 0 Å². The molecule has 3 atom stereocenters. The van der Waals surface area contributed by atoms with Crippen LogP contribution < -0.4 is 0 Å². The molecule has 0 aromatic carbocycles. The zero-order valence-corrected chi connectivity index (χ0v) is 9.18. The van der Waals surface area contributed by atoms with E-state index in [0.29, 0.717) is 6.54 Å². The van der Waals surface area contributed by atoms with Crippen LogP contribution in [0.2, 0.25) is 0 Å². The first-order valence-corrected chi connectivity index (χ1v) is 6.02. The lowest BCUT2D eigenvalue weighted by atomic mass is 10.1. The first-order valence-electron chi connectivity index (χ1n) is 6.02. The van der Waals surface area contributed by atoms with Gasteiger partial charge in [0.05, 0.1) is 19.7 Å². The zero-order valence-electron chi connectivity index (χ0n) is 9.18. The lowest BCUT2D eigenvalue weighted by Gasteiger charge is -2.38. The molecule has 0 aromatic rings. The topological polar surface area (TPSA) is 60.7 Å². The van der Waals surface area contributed by atoms with Gasteiger partial charge in [-0.25, -0.2) is 0 Å². The minimum absolute atomic E-state index is 0.0156. The van der Waals surface area contributed by atoms with Gasteiger partial charge in [-0.05, 0) is 25.7 Å². The molecule has 0 saturated carbocycles. The second-order valence-electron chi connectivity index (χ2n) is 5.07. The van der Waals surface area contributed by atoms with E-state index >= 15 is 0 Å². The van der Waals surface area contributed by atoms with Crippen LogP contribution >= 0.6 is 0 Å². The van der Waals surface area contributed by atoms with Crippen molar-refractivity contribution in [2.24, 2.45) is 0 Å². The number of hydrogen-bond donors (Lipinski definition) is 3. The molecule has 2 heterocycles. The van der Waals surface area contributed by atoms with Gasteiger partial charge in [-0.3, -0.25) is 0 Å². The van der Waals surface area contributed by atoms with Gasteiger partial charge in [0.25, 0.3) is 0 Å². The van der Waals surface area contributed by atoms with E-state index in [9.17, 15) is 15.3 Å². The summed E-state index contributed by atoms with van der Waals surface area (Å²) in [4.78, 5) is 0. The van der Waals surface area contributed by atoms with Gasteiger partial charge in [-0.1, -0.05) is 0 Å². The molecule has 0 bridgehead atoms. The summed E-state index contributed by atoms with van der Waals surface area (Å²) in [6.07, 6.45) is 3.38. The smallest absolute Gasteiger partial charge is 0.141 e. The number of hydrogen-bond acceptors (Lipinski definition) is 3. The molecular weight excluding hydrogens is 194 g/mol. The number of rotatable bonds is 1. The quantitative estimate of drug-likeness (QED) is 0.517. The maximum atomic E-state index is 9.84. The third-order valence-corrected chi connectivity index (χ3v) is 4.19. The van der Waals surface area contributed by atoms with E-state index in [4.69, 9.17) is 0 Å². The summed E-state index contributed by atoms with van der Waals surface area (Å²) in [6.45, 7) is 2.60. The third-order valence-electron chi connectivity index (χ3n) is 4.19. The van der Waals surface area contributed by atoms with Crippen molar-refractivity contribution in [1.29, 1.82) is 0 Å². The molecule has 2 fully saturated rings. The largest absolute Gasteiger partial charge is 0.390 e. The van der Waals surface area contributed by atoms with Crippen LogP contribution in [0.3, 0.4) is 0 Å². The zero-order chi connectivity index (χ0) is 10.9. The van der Waals surface area contributed by atoms with E-state index in [1.165, 1.54) is 12.8 Å². The summed E-state index contributed by atoms with van der Waals surface area (Å²) in [5, 5.41) is 28.9. The monoisotopic (exact) mass is 216 g/mol. The van der Waals surface area contributed by atoms with Crippen molar-refractivity contribution < 1.29 is 19.8 Å². The van der Waals surface area contributed by atoms with Crippen LogP contribution in [0, 0.1) is 0 Å². The van der Waals surface area contributed by atoms with E-state index < -0.39 is 12.2 Å². The summed E-state index contributed by atoms with van der Waals surface area (Å²) in [5.74, 6) is 0. The van der Waals surface area contributed by atoms with Crippen molar-refractivity contribution in [1.82, 2.24) is 0 Å². The van der Waals surface area contributed by atoms with Crippen LogP contribution in [0.4, 0.5) is 0 Å². The molecule has 2 saturated heterocycles. The highest BCUT2D eigenvalue weighted by Crippen LogP contribution is 2.31. The fourth-order valence-electron chi connectivity index (χ4n) is 3.31. The average Bonchev–Trinajstić information content (AvgIpc) is 2.42. The second-order valence-corrected chi connectivity index (χ2v) is 5.07. The van der Waals surface area contributed by atoms with E-state index in [0.717, 1.165) is 30.4 Å². The molecule has 2 aliphatic rings. The van der Waals surface area contributed by atoms with Gasteiger partial charge in [-0.15, -0.1) is 0 Å². The van der Waals surface area contributed by atoms with Crippen LogP contribution in [-0.2, 0) is 0 Å². The lowest BCUT2D eigenvalue weighted by molar-refractivity contribution is -0.941. The predicted octanol–water partition coefficient (Wildman–Crippen LogP) is -0.527. The highest BCUT2D eigenvalue weighted by Gasteiger charge is 2.52. The molecule has 15 heavy (non-hydrogen) atoms. The van der Waals surface area contributed by atoms with E-state index in [-0.39, 0.29) is 12.6 Å². The number of aliphatic hydroxyl groups is 3. The molecule has 2 aliphatic heterocycles. The maximum Gasteiger partial charge on any atom is 0.141 e. The van der Waals surface area contributed by atoms with Crippen molar-refractivity contribution >= 4 is 0 Å². The van der Waals surface area contributed by atoms with Gasteiger partial charge < -0.3 is 19.8 Å². The Bertz CT molecular complexity index is 214. The number of aliphatic hydroxyl groups excluding tert-OH is 3. The molecule has 0 unspecified atom stereocenters. The minimum atomic E-state index is -0.743. The number of quaternary nitrogens is 1. The first kappa shape index (κ1) is 11.3. The molecule has 2 rings (SSSR count). The first-order chi connectivity index (χ1) is 7.19. The van der Waals surface area contributed by atoms with E-state index in [1.807, 2.05) is 0 Å². The maximum absolute atomic E-state index is 9.84. The van der Waals surface area contributed by atoms with Crippen LogP contribution in [-0.4, -0.2) is 64.3 Å². The number of nitrogens with zero attached hydrogens (tertiary/aromatic N) is 1. The Hall–Kier alpha value is -0.160. The Labute approximate surface area is 90.7 Å². The molecule has 3 N–H and O–H groups in total. The molecule has 0 radical (unpaired) electrons. The van der Waals surface area contributed by atoms with Crippen molar-refractivity contribution in [2.45, 2.75) is 43.9 Å². The van der Waals surface area contributed by atoms with Gasteiger partial charge in [0.1, 0.15) is 24.8 Å². The molecular formula is C11H22NO3+. The highest BCUT2D eigenvalue weighted by atomic mass is 16.3. The third kappa shape index (κ3) is 1.91. The van der Waals surface area contributed by atoms with Crippen molar-refractivity contribution in [3.63, 3.8) is 0 Å². The van der Waals surface area contributed by atoms with Crippen molar-refractivity contribution in [3.05, 3.63) is 0 Å². The Balaban J connectivity index is 2.17. The molecule has 88 valence electrons. The van der Waals surface area contributed by atoms with Gasteiger partial charge in [0.15, 0.2) is 0 Å². The molecule has 4 heteroatoms. The predicted molar refractivity (Wildman–Crippen MR) is 56.2 cm³/mol. The molecule has 4 nitrogen and oxygen atoms in total. The molecule has 1 spiro atoms. The molecule has 0 aliphatic carbocycles. The van der Waals surface area contributed by atoms with Crippen molar-refractivity contribution in [2.75, 3.05) is 26.2 Å². The Morgan fingerprint density at radius 2 is 1.60 bits per heavy atom. The summed E-state index contributed by atoms with van der Waals surface area (Å²) in [6, 6.07) is -0.168. The van der Waals surface area contributed by atoms with Gasteiger partial charge in [-0.2, -0.15) is 0 Å². The van der Waals surface area contributed by atoms with Crippen LogP contribution in [0.5, 0.6) is 0 Å². The van der Waals surface area contributed by atoms with Gasteiger partial charge in [0, 0.05) is 0 Å². The standard InChI is InChI=1S/C11H22NO3/c13-8-9-11(15)10(14)7-12(9)5-3-1-2-4-6-12/h9-11,13-15H,1-8H2/q+1/t9-,10-,11-/m0/s1. The SMILES string of the molecule is OC[C@H]1[C@H](O)[C@@H](O)C[N+]12CCCCCC2. The second kappa shape index (κ2) is 4.37. The highest BCUT2D eigenvalue weighted by molar-refractivity contribution is 4.85. The summed E-state index contributed by atoms with van der Waals surface area (Å²) in [7, 11) is 0. The fourth-order valence-corrected chi connectivity index (χ4v) is 3.31. The minimum Gasteiger partial charge on any atom is -0.390 e. The van der Waals surface area contributed by atoms with Crippen LogP contribution in [0.15, 0.2) is 0 Å². The Kier molecular flexibility index (Phi) is 3.30. The van der Waals surface area contributed by atoms with Crippen LogP contribution in [0.25, 0.3) is 0 Å². The Morgan fingerprint density at radius 3 is 2.13 bits per heavy atom. The summed E-state index contributed by atoms with van der Waals surface area (Å²) >= 11 is 0. The van der Waals surface area contributed by atoms with Gasteiger partial charge >= 0.3 is 0 Å². The van der Waals surface area contributed by atoms with Crippen LogP contribution in [0.1, 0.15) is 25.7 Å². The molecule has 0 amide bonds. The normalized spacial score (nSPS) is 40.6. The van der Waals surface area contributed by atoms with Gasteiger partial charge in [0.2, 0.25) is 0 Å².